The summed E-state index contributed by atoms with van der Waals surface area (Å²) in [6.07, 6.45) is 1.75. The van der Waals surface area contributed by atoms with Gasteiger partial charge in [0.1, 0.15) is 0 Å². The van der Waals surface area contributed by atoms with Crippen LogP contribution in [0.4, 0.5) is 0 Å². The van der Waals surface area contributed by atoms with E-state index in [1.54, 1.807) is 0 Å². The Balaban J connectivity index is 2.20. The van der Waals surface area contributed by atoms with Gasteiger partial charge in [-0.3, -0.25) is 4.98 Å². The molecule has 2 N–H and O–H groups in total. The number of hydrogen-bond donors (Lipinski definition) is 1. The van der Waals surface area contributed by atoms with E-state index in [1.165, 1.54) is 0 Å². The van der Waals surface area contributed by atoms with Crippen LogP contribution < -0.4 is 5.73 Å². The maximum Gasteiger partial charge on any atom is 0.227 e. The summed E-state index contributed by atoms with van der Waals surface area (Å²) in [5.41, 5.74) is 8.54. The van der Waals surface area contributed by atoms with Crippen molar-refractivity contribution in [2.45, 2.75) is 33.6 Å². The lowest BCUT2D eigenvalue weighted by Crippen LogP contribution is -2.15. The summed E-state index contributed by atoms with van der Waals surface area (Å²) in [6, 6.07) is 3.92. The first-order chi connectivity index (χ1) is 9.12. The van der Waals surface area contributed by atoms with Crippen molar-refractivity contribution in [3.8, 4) is 11.4 Å². The lowest BCUT2D eigenvalue weighted by molar-refractivity contribution is 0.350. The summed E-state index contributed by atoms with van der Waals surface area (Å²) < 4.78 is 5.30. The van der Waals surface area contributed by atoms with Gasteiger partial charge in [-0.25, -0.2) is 0 Å². The largest absolute Gasteiger partial charge is 0.339 e. The van der Waals surface area contributed by atoms with Gasteiger partial charge in [0.15, 0.2) is 0 Å². The molecule has 1 atom stereocenters. The number of aryl methyl sites for hydroxylation is 2. The van der Waals surface area contributed by atoms with Gasteiger partial charge >= 0.3 is 0 Å². The van der Waals surface area contributed by atoms with Crippen LogP contribution in [0.15, 0.2) is 16.7 Å². The minimum atomic E-state index is 0.397. The fourth-order valence-corrected chi connectivity index (χ4v) is 2.06. The molecule has 2 rings (SSSR count). The van der Waals surface area contributed by atoms with Crippen LogP contribution >= 0.6 is 0 Å². The van der Waals surface area contributed by atoms with Crippen LogP contribution in [-0.4, -0.2) is 21.7 Å². The molecule has 5 heteroatoms. The monoisotopic (exact) mass is 260 g/mol. The van der Waals surface area contributed by atoms with Gasteiger partial charge in [0.2, 0.25) is 11.7 Å². The molecule has 0 radical (unpaired) electrons. The zero-order valence-corrected chi connectivity index (χ0v) is 11.7. The lowest BCUT2D eigenvalue weighted by Gasteiger charge is -2.07. The summed E-state index contributed by atoms with van der Waals surface area (Å²) in [5.74, 6) is 1.67. The zero-order valence-electron chi connectivity index (χ0n) is 11.7. The van der Waals surface area contributed by atoms with Crippen molar-refractivity contribution in [1.82, 2.24) is 15.1 Å². The van der Waals surface area contributed by atoms with Gasteiger partial charge in [0.05, 0.1) is 0 Å². The molecule has 0 aromatic carbocycles. The van der Waals surface area contributed by atoms with Crippen molar-refractivity contribution in [2.75, 3.05) is 6.54 Å². The molecule has 102 valence electrons. The molecule has 2 aromatic heterocycles. The van der Waals surface area contributed by atoms with Crippen molar-refractivity contribution < 1.29 is 4.52 Å². The smallest absolute Gasteiger partial charge is 0.227 e. The molecule has 0 amide bonds. The van der Waals surface area contributed by atoms with Gasteiger partial charge in [-0.05, 0) is 38.4 Å². The molecule has 0 aliphatic carbocycles. The van der Waals surface area contributed by atoms with E-state index in [4.69, 9.17) is 10.3 Å². The van der Waals surface area contributed by atoms with Gasteiger partial charge in [-0.1, -0.05) is 18.5 Å². The van der Waals surface area contributed by atoms with Crippen LogP contribution in [0.25, 0.3) is 11.4 Å². The standard InChI is InChI=1S/C14H20N4O/c1-4-11(8-15)7-13-17-14(18-19-13)12-5-9(2)16-10(3)6-12/h5-6,11H,4,7-8,15H2,1-3H3. The van der Waals surface area contributed by atoms with Gasteiger partial charge < -0.3 is 10.3 Å². The molecule has 1 unspecified atom stereocenters. The molecule has 0 bridgehead atoms. The second kappa shape index (κ2) is 5.93. The first-order valence-electron chi connectivity index (χ1n) is 6.60. The highest BCUT2D eigenvalue weighted by atomic mass is 16.5. The highest BCUT2D eigenvalue weighted by molar-refractivity contribution is 5.55. The van der Waals surface area contributed by atoms with Crippen molar-refractivity contribution >= 4 is 0 Å². The molecule has 0 aliphatic heterocycles. The average molecular weight is 260 g/mol. The maximum absolute atomic E-state index is 5.69. The minimum absolute atomic E-state index is 0.397. The Labute approximate surface area is 113 Å². The average Bonchev–Trinajstić information content (AvgIpc) is 2.83. The second-order valence-corrected chi connectivity index (χ2v) is 4.86. The highest BCUT2D eigenvalue weighted by Crippen LogP contribution is 2.19. The van der Waals surface area contributed by atoms with Crippen LogP contribution in [0.2, 0.25) is 0 Å². The molecular weight excluding hydrogens is 240 g/mol. The quantitative estimate of drug-likeness (QED) is 0.892. The van der Waals surface area contributed by atoms with Crippen LogP contribution in [-0.2, 0) is 6.42 Å². The number of hydrogen-bond acceptors (Lipinski definition) is 5. The van der Waals surface area contributed by atoms with Gasteiger partial charge in [-0.2, -0.15) is 4.98 Å². The molecule has 0 spiro atoms. The molecule has 0 aliphatic rings. The Morgan fingerprint density at radius 3 is 2.47 bits per heavy atom. The highest BCUT2D eigenvalue weighted by Gasteiger charge is 2.13. The van der Waals surface area contributed by atoms with Crippen LogP contribution in [0.1, 0.15) is 30.6 Å². The molecule has 19 heavy (non-hydrogen) atoms. The lowest BCUT2D eigenvalue weighted by atomic mass is 10.0. The molecule has 2 aromatic rings. The minimum Gasteiger partial charge on any atom is -0.339 e. The summed E-state index contributed by atoms with van der Waals surface area (Å²) in [5, 5.41) is 4.04. The molecular formula is C14H20N4O. The van der Waals surface area contributed by atoms with E-state index in [-0.39, 0.29) is 0 Å². The summed E-state index contributed by atoms with van der Waals surface area (Å²) in [6.45, 7) is 6.67. The molecule has 5 nitrogen and oxygen atoms in total. The van der Waals surface area contributed by atoms with E-state index < -0.39 is 0 Å². The van der Waals surface area contributed by atoms with E-state index in [9.17, 15) is 0 Å². The molecule has 0 fully saturated rings. The van der Waals surface area contributed by atoms with Crippen molar-refractivity contribution in [3.63, 3.8) is 0 Å². The first-order valence-corrected chi connectivity index (χ1v) is 6.60. The molecule has 0 saturated heterocycles. The summed E-state index contributed by atoms with van der Waals surface area (Å²) in [4.78, 5) is 8.78. The van der Waals surface area contributed by atoms with E-state index in [1.807, 2.05) is 26.0 Å². The summed E-state index contributed by atoms with van der Waals surface area (Å²) in [7, 11) is 0. The predicted molar refractivity (Wildman–Crippen MR) is 73.5 cm³/mol. The Hall–Kier alpha value is -1.75. The van der Waals surface area contributed by atoms with Gasteiger partial charge in [0.25, 0.3) is 0 Å². The van der Waals surface area contributed by atoms with Gasteiger partial charge in [0, 0.05) is 23.4 Å². The third kappa shape index (κ3) is 3.38. The fourth-order valence-electron chi connectivity index (χ4n) is 2.06. The van der Waals surface area contributed by atoms with E-state index >= 15 is 0 Å². The van der Waals surface area contributed by atoms with Crippen molar-refractivity contribution in [2.24, 2.45) is 11.7 Å². The Bertz CT molecular complexity index is 526. The first kappa shape index (κ1) is 13.7. The number of pyridine rings is 1. The SMILES string of the molecule is CCC(CN)Cc1nc(-c2cc(C)nc(C)c2)no1. The van der Waals surface area contributed by atoms with E-state index in [0.717, 1.165) is 29.8 Å². The Morgan fingerprint density at radius 1 is 1.21 bits per heavy atom. The normalized spacial score (nSPS) is 12.6. The summed E-state index contributed by atoms with van der Waals surface area (Å²) >= 11 is 0. The van der Waals surface area contributed by atoms with Crippen LogP contribution in [0.5, 0.6) is 0 Å². The van der Waals surface area contributed by atoms with Crippen LogP contribution in [0.3, 0.4) is 0 Å². The van der Waals surface area contributed by atoms with Crippen molar-refractivity contribution in [1.29, 1.82) is 0 Å². The second-order valence-electron chi connectivity index (χ2n) is 4.86. The zero-order chi connectivity index (χ0) is 13.8. The van der Waals surface area contributed by atoms with Crippen molar-refractivity contribution in [3.05, 3.63) is 29.4 Å². The Morgan fingerprint density at radius 2 is 1.89 bits per heavy atom. The Kier molecular flexibility index (Phi) is 4.27. The predicted octanol–water partition coefficient (Wildman–Crippen LogP) is 2.28. The number of nitrogens with zero attached hydrogens (tertiary/aromatic N) is 3. The third-order valence-electron chi connectivity index (χ3n) is 3.18. The third-order valence-corrected chi connectivity index (χ3v) is 3.18. The van der Waals surface area contributed by atoms with E-state index in [2.05, 4.69) is 22.0 Å². The maximum atomic E-state index is 5.69. The number of rotatable bonds is 5. The fraction of sp³-hybridized carbons (Fsp3) is 0.500. The molecule has 0 saturated carbocycles. The number of nitrogens with two attached hydrogens (primary N) is 1. The molecule has 2 heterocycles. The number of aromatic nitrogens is 3. The van der Waals surface area contributed by atoms with E-state index in [0.29, 0.717) is 24.2 Å². The van der Waals surface area contributed by atoms with Crippen LogP contribution in [0, 0.1) is 19.8 Å². The topological polar surface area (TPSA) is 77.8 Å². The van der Waals surface area contributed by atoms with Gasteiger partial charge in [-0.15, -0.1) is 0 Å².